The van der Waals surface area contributed by atoms with Gasteiger partial charge in [-0.05, 0) is 36.8 Å². The molecule has 2 aromatic rings. The Labute approximate surface area is 148 Å². The normalized spacial score (nSPS) is 14.3. The summed E-state index contributed by atoms with van der Waals surface area (Å²) in [5.41, 5.74) is 1.06. The van der Waals surface area contributed by atoms with Crippen LogP contribution in [0.4, 0.5) is 10.6 Å². The molecule has 1 N–H and O–H groups in total. The molecule has 0 saturated carbocycles. The number of carbonyl (C=O) groups is 1. The summed E-state index contributed by atoms with van der Waals surface area (Å²) in [5, 5.41) is 2.99. The molecule has 0 atom stereocenters. The second-order valence-corrected chi connectivity index (χ2v) is 5.90. The third-order valence-electron chi connectivity index (χ3n) is 4.22. The molecule has 2 amide bonds. The van der Waals surface area contributed by atoms with Gasteiger partial charge in [-0.15, -0.1) is 0 Å². The van der Waals surface area contributed by atoms with E-state index in [1.165, 1.54) is 0 Å². The number of aromatic nitrogens is 1. The molecule has 25 heavy (non-hydrogen) atoms. The maximum absolute atomic E-state index is 12.3. The molecule has 0 unspecified atom stereocenters. The summed E-state index contributed by atoms with van der Waals surface area (Å²) < 4.78 is 5.42. The van der Waals surface area contributed by atoms with Crippen molar-refractivity contribution >= 4 is 11.8 Å². The highest BCUT2D eigenvalue weighted by Gasteiger charge is 2.21. The van der Waals surface area contributed by atoms with Gasteiger partial charge < -0.3 is 19.9 Å². The Kier molecular flexibility index (Phi) is 5.72. The molecular weight excluding hydrogens is 316 g/mol. The van der Waals surface area contributed by atoms with Crippen LogP contribution < -0.4 is 15.0 Å². The monoisotopic (exact) mass is 340 g/mol. The second kappa shape index (κ2) is 8.37. The number of piperazine rings is 1. The lowest BCUT2D eigenvalue weighted by molar-refractivity contribution is 0.194. The van der Waals surface area contributed by atoms with Crippen LogP contribution in [0.2, 0.25) is 0 Å². The molecule has 1 saturated heterocycles. The van der Waals surface area contributed by atoms with E-state index in [1.54, 1.807) is 6.20 Å². The summed E-state index contributed by atoms with van der Waals surface area (Å²) in [6.07, 6.45) is 1.80. The lowest BCUT2D eigenvalue weighted by atomic mass is 10.2. The van der Waals surface area contributed by atoms with Crippen molar-refractivity contribution in [1.82, 2.24) is 15.2 Å². The summed E-state index contributed by atoms with van der Waals surface area (Å²) >= 11 is 0. The van der Waals surface area contributed by atoms with Crippen LogP contribution in [-0.4, -0.2) is 48.7 Å². The summed E-state index contributed by atoms with van der Waals surface area (Å²) in [6.45, 7) is 6.13. The zero-order valence-electron chi connectivity index (χ0n) is 14.5. The summed E-state index contributed by atoms with van der Waals surface area (Å²) in [6, 6.07) is 13.7. The van der Waals surface area contributed by atoms with E-state index in [0.717, 1.165) is 30.2 Å². The van der Waals surface area contributed by atoms with Crippen LogP contribution >= 0.6 is 0 Å². The van der Waals surface area contributed by atoms with Gasteiger partial charge >= 0.3 is 6.03 Å². The highest BCUT2D eigenvalue weighted by atomic mass is 16.5. The summed E-state index contributed by atoms with van der Waals surface area (Å²) in [7, 11) is 0. The fourth-order valence-electron chi connectivity index (χ4n) is 2.84. The van der Waals surface area contributed by atoms with E-state index in [4.69, 9.17) is 4.74 Å². The molecule has 0 radical (unpaired) electrons. The van der Waals surface area contributed by atoms with Gasteiger partial charge in [0.1, 0.15) is 11.6 Å². The molecule has 6 heteroatoms. The van der Waals surface area contributed by atoms with Crippen molar-refractivity contribution in [2.24, 2.45) is 0 Å². The Morgan fingerprint density at radius 3 is 2.52 bits per heavy atom. The van der Waals surface area contributed by atoms with Gasteiger partial charge in [0.15, 0.2) is 0 Å². The van der Waals surface area contributed by atoms with Gasteiger partial charge in [-0.3, -0.25) is 0 Å². The van der Waals surface area contributed by atoms with Crippen LogP contribution in [0.15, 0.2) is 48.7 Å². The fourth-order valence-corrected chi connectivity index (χ4v) is 2.84. The number of benzene rings is 1. The number of carbonyl (C=O) groups excluding carboxylic acids is 1. The van der Waals surface area contributed by atoms with Gasteiger partial charge in [0.05, 0.1) is 6.61 Å². The van der Waals surface area contributed by atoms with E-state index in [1.807, 2.05) is 54.3 Å². The Morgan fingerprint density at radius 1 is 1.12 bits per heavy atom. The smallest absolute Gasteiger partial charge is 0.317 e. The third kappa shape index (κ3) is 4.62. The first-order valence-corrected chi connectivity index (χ1v) is 8.67. The minimum atomic E-state index is -0.0189. The lowest BCUT2D eigenvalue weighted by Crippen LogP contribution is -2.51. The van der Waals surface area contributed by atoms with E-state index in [9.17, 15) is 4.79 Å². The first-order valence-electron chi connectivity index (χ1n) is 8.67. The van der Waals surface area contributed by atoms with E-state index >= 15 is 0 Å². The molecule has 132 valence electrons. The average molecular weight is 340 g/mol. The number of rotatable bonds is 5. The molecule has 2 heterocycles. The maximum Gasteiger partial charge on any atom is 0.317 e. The molecular formula is C19H24N4O2. The number of ether oxygens (including phenoxy) is 1. The molecule has 1 aliphatic rings. The number of hydrogen-bond donors (Lipinski definition) is 1. The van der Waals surface area contributed by atoms with Gasteiger partial charge in [-0.1, -0.05) is 18.2 Å². The molecule has 1 aliphatic heterocycles. The third-order valence-corrected chi connectivity index (χ3v) is 4.22. The number of urea groups is 1. The molecule has 0 spiro atoms. The van der Waals surface area contributed by atoms with Crippen LogP contribution in [0.1, 0.15) is 12.5 Å². The van der Waals surface area contributed by atoms with Crippen molar-refractivity contribution in [2.45, 2.75) is 13.5 Å². The highest BCUT2D eigenvalue weighted by molar-refractivity contribution is 5.74. The van der Waals surface area contributed by atoms with Crippen LogP contribution in [0.5, 0.6) is 5.75 Å². The van der Waals surface area contributed by atoms with E-state index in [2.05, 4.69) is 15.2 Å². The predicted octanol–water partition coefficient (Wildman–Crippen LogP) is 2.51. The van der Waals surface area contributed by atoms with Gasteiger partial charge in [-0.2, -0.15) is 0 Å². The highest BCUT2D eigenvalue weighted by Crippen LogP contribution is 2.14. The number of hydrogen-bond acceptors (Lipinski definition) is 4. The second-order valence-electron chi connectivity index (χ2n) is 5.90. The maximum atomic E-state index is 12.3. The van der Waals surface area contributed by atoms with E-state index in [0.29, 0.717) is 26.2 Å². The van der Waals surface area contributed by atoms with E-state index < -0.39 is 0 Å². The number of nitrogens with one attached hydrogen (secondary N) is 1. The molecule has 3 rings (SSSR count). The standard InChI is InChI=1S/C19H24N4O2/c1-2-25-17-8-6-16(7-9-17)15-21-19(24)23-13-11-22(12-14-23)18-5-3-4-10-20-18/h3-10H,2,11-15H2,1H3,(H,21,24). The Hall–Kier alpha value is -2.76. The van der Waals surface area contributed by atoms with Crippen molar-refractivity contribution in [3.05, 3.63) is 54.2 Å². The molecule has 1 aromatic carbocycles. The van der Waals surface area contributed by atoms with Crippen LogP contribution in [-0.2, 0) is 6.54 Å². The van der Waals surface area contributed by atoms with Crippen LogP contribution in [0.3, 0.4) is 0 Å². The quantitative estimate of drug-likeness (QED) is 0.909. The largest absolute Gasteiger partial charge is 0.494 e. The molecule has 0 aliphatic carbocycles. The van der Waals surface area contributed by atoms with E-state index in [-0.39, 0.29) is 6.03 Å². The Bertz CT molecular complexity index is 668. The molecule has 1 fully saturated rings. The first kappa shape index (κ1) is 17.1. The predicted molar refractivity (Wildman–Crippen MR) is 97.9 cm³/mol. The van der Waals surface area contributed by atoms with Crippen LogP contribution in [0, 0.1) is 0 Å². The SMILES string of the molecule is CCOc1ccc(CNC(=O)N2CCN(c3ccccn3)CC2)cc1. The molecule has 0 bridgehead atoms. The zero-order chi connectivity index (χ0) is 17.5. The lowest BCUT2D eigenvalue weighted by Gasteiger charge is -2.35. The number of amides is 2. The van der Waals surface area contributed by atoms with Gasteiger partial charge in [-0.25, -0.2) is 9.78 Å². The number of anilines is 1. The Morgan fingerprint density at radius 2 is 1.88 bits per heavy atom. The molecule has 6 nitrogen and oxygen atoms in total. The average Bonchev–Trinajstić information content (AvgIpc) is 2.68. The zero-order valence-corrected chi connectivity index (χ0v) is 14.5. The number of nitrogens with zero attached hydrogens (tertiary/aromatic N) is 3. The first-order chi connectivity index (χ1) is 12.3. The summed E-state index contributed by atoms with van der Waals surface area (Å²) in [4.78, 5) is 20.8. The van der Waals surface area contributed by atoms with Crippen molar-refractivity contribution in [2.75, 3.05) is 37.7 Å². The van der Waals surface area contributed by atoms with Gasteiger partial charge in [0, 0.05) is 38.9 Å². The van der Waals surface area contributed by atoms with Gasteiger partial charge in [0.2, 0.25) is 0 Å². The minimum Gasteiger partial charge on any atom is -0.494 e. The number of pyridine rings is 1. The Balaban J connectivity index is 1.45. The minimum absolute atomic E-state index is 0.0189. The van der Waals surface area contributed by atoms with Crippen molar-refractivity contribution < 1.29 is 9.53 Å². The van der Waals surface area contributed by atoms with Gasteiger partial charge in [0.25, 0.3) is 0 Å². The summed E-state index contributed by atoms with van der Waals surface area (Å²) in [5.74, 6) is 1.82. The van der Waals surface area contributed by atoms with Crippen LogP contribution in [0.25, 0.3) is 0 Å². The topological polar surface area (TPSA) is 57.7 Å². The van der Waals surface area contributed by atoms with Crippen molar-refractivity contribution in [3.63, 3.8) is 0 Å². The van der Waals surface area contributed by atoms with Crippen molar-refractivity contribution in [1.29, 1.82) is 0 Å². The van der Waals surface area contributed by atoms with Crippen molar-refractivity contribution in [3.8, 4) is 5.75 Å². The molecule has 1 aromatic heterocycles. The fraction of sp³-hybridized carbons (Fsp3) is 0.368.